The molecule has 120 valence electrons. The zero-order valence-corrected chi connectivity index (χ0v) is 14.4. The number of fused-ring (bicyclic) bond motifs is 5. The number of hydrogen-bond donors (Lipinski definition) is 1. The van der Waals surface area contributed by atoms with E-state index in [1.807, 2.05) is 0 Å². The highest BCUT2D eigenvalue weighted by Gasteiger charge is 2.51. The van der Waals surface area contributed by atoms with Crippen molar-refractivity contribution in [3.63, 3.8) is 0 Å². The molecule has 1 N–H and O–H groups in total. The van der Waals surface area contributed by atoms with Crippen LogP contribution in [-0.2, 0) is 6.42 Å². The molecule has 5 atom stereocenters. The van der Waals surface area contributed by atoms with Gasteiger partial charge in [0.05, 0.1) is 6.10 Å². The summed E-state index contributed by atoms with van der Waals surface area (Å²) < 4.78 is 0. The molecule has 2 fully saturated rings. The van der Waals surface area contributed by atoms with Crippen LogP contribution in [0.1, 0.15) is 73.6 Å². The van der Waals surface area contributed by atoms with Gasteiger partial charge in [0.2, 0.25) is 0 Å². The number of hydrogen-bond acceptors (Lipinski definition) is 1. The Morgan fingerprint density at radius 1 is 1.09 bits per heavy atom. The van der Waals surface area contributed by atoms with E-state index in [0.717, 1.165) is 30.6 Å². The Morgan fingerprint density at radius 3 is 2.73 bits per heavy atom. The first-order valence-electron chi connectivity index (χ1n) is 9.27. The molecule has 4 rings (SSSR count). The van der Waals surface area contributed by atoms with Gasteiger partial charge in [0.15, 0.2) is 0 Å². The predicted molar refractivity (Wildman–Crippen MR) is 91.2 cm³/mol. The van der Waals surface area contributed by atoms with Gasteiger partial charge < -0.3 is 5.11 Å². The molecule has 0 spiro atoms. The maximum absolute atomic E-state index is 10.1. The van der Waals surface area contributed by atoms with Crippen LogP contribution in [0.3, 0.4) is 0 Å². The summed E-state index contributed by atoms with van der Waals surface area (Å²) in [6, 6.07) is 4.78. The third-order valence-corrected chi connectivity index (χ3v) is 7.67. The van der Waals surface area contributed by atoms with Crippen LogP contribution in [0.15, 0.2) is 12.1 Å². The van der Waals surface area contributed by atoms with Crippen molar-refractivity contribution in [2.45, 2.75) is 77.7 Å². The Bertz CT molecular complexity index is 590. The third kappa shape index (κ3) is 2.01. The van der Waals surface area contributed by atoms with Crippen LogP contribution in [0.25, 0.3) is 0 Å². The van der Waals surface area contributed by atoms with Crippen molar-refractivity contribution in [3.05, 3.63) is 34.4 Å². The quantitative estimate of drug-likeness (QED) is 0.721. The largest absolute Gasteiger partial charge is 0.393 e. The maximum atomic E-state index is 10.1. The van der Waals surface area contributed by atoms with Crippen LogP contribution in [0.5, 0.6) is 0 Å². The highest BCUT2D eigenvalue weighted by atomic mass is 16.3. The van der Waals surface area contributed by atoms with Gasteiger partial charge >= 0.3 is 0 Å². The molecule has 0 amide bonds. The highest BCUT2D eigenvalue weighted by Crippen LogP contribution is 2.60. The first-order chi connectivity index (χ1) is 10.5. The van der Waals surface area contributed by atoms with Gasteiger partial charge in [-0.1, -0.05) is 19.1 Å². The van der Waals surface area contributed by atoms with E-state index in [0.29, 0.717) is 5.41 Å². The van der Waals surface area contributed by atoms with Gasteiger partial charge in [0, 0.05) is 0 Å². The third-order valence-electron chi connectivity index (χ3n) is 7.67. The number of aryl methyl sites for hydroxylation is 1. The normalized spacial score (nSPS) is 40.5. The van der Waals surface area contributed by atoms with Crippen molar-refractivity contribution < 1.29 is 5.11 Å². The van der Waals surface area contributed by atoms with Crippen molar-refractivity contribution in [2.75, 3.05) is 0 Å². The summed E-state index contributed by atoms with van der Waals surface area (Å²) in [4.78, 5) is 0. The van der Waals surface area contributed by atoms with E-state index in [1.165, 1.54) is 37.7 Å². The lowest BCUT2D eigenvalue weighted by Gasteiger charge is -2.56. The molecule has 0 radical (unpaired) electrons. The number of aliphatic hydroxyl groups is 1. The number of aliphatic hydroxyl groups excluding tert-OH is 1. The monoisotopic (exact) mass is 298 g/mol. The number of benzene rings is 1. The minimum atomic E-state index is -0.0320. The molecule has 1 aromatic rings. The fraction of sp³-hybridized carbons (Fsp3) is 0.714. The van der Waals surface area contributed by atoms with Gasteiger partial charge in [-0.3, -0.25) is 0 Å². The van der Waals surface area contributed by atoms with Gasteiger partial charge in [-0.15, -0.1) is 0 Å². The molecular weight excluding hydrogens is 268 g/mol. The van der Waals surface area contributed by atoms with E-state index < -0.39 is 0 Å². The Balaban J connectivity index is 1.72. The Labute approximate surface area is 135 Å². The smallest absolute Gasteiger partial charge is 0.0543 e. The summed E-state index contributed by atoms with van der Waals surface area (Å²) in [6.07, 6.45) is 8.58. The number of rotatable bonds is 0. The minimum absolute atomic E-state index is 0.0320. The fourth-order valence-electron chi connectivity index (χ4n) is 6.15. The Morgan fingerprint density at radius 2 is 1.91 bits per heavy atom. The minimum Gasteiger partial charge on any atom is -0.393 e. The first kappa shape index (κ1) is 14.8. The van der Waals surface area contributed by atoms with Crippen LogP contribution in [0.4, 0.5) is 0 Å². The molecule has 1 heteroatoms. The average Bonchev–Trinajstić information content (AvgIpc) is 2.51. The Kier molecular flexibility index (Phi) is 3.41. The molecule has 0 heterocycles. The lowest BCUT2D eigenvalue weighted by atomic mass is 9.49. The van der Waals surface area contributed by atoms with Gasteiger partial charge in [-0.2, -0.15) is 0 Å². The average molecular weight is 298 g/mol. The van der Waals surface area contributed by atoms with Gasteiger partial charge in [-0.05, 0) is 104 Å². The van der Waals surface area contributed by atoms with E-state index in [2.05, 4.69) is 32.9 Å². The van der Waals surface area contributed by atoms with E-state index in [-0.39, 0.29) is 6.10 Å². The van der Waals surface area contributed by atoms with E-state index in [1.54, 1.807) is 16.7 Å². The molecule has 0 bridgehead atoms. The first-order valence-corrected chi connectivity index (χ1v) is 9.27. The summed E-state index contributed by atoms with van der Waals surface area (Å²) in [7, 11) is 0. The second-order valence-electron chi connectivity index (χ2n) is 8.54. The molecule has 0 saturated heterocycles. The molecule has 0 aliphatic heterocycles. The summed E-state index contributed by atoms with van der Waals surface area (Å²) in [5.74, 6) is 2.37. The van der Waals surface area contributed by atoms with Crippen molar-refractivity contribution in [2.24, 2.45) is 17.3 Å². The molecule has 1 aromatic carbocycles. The van der Waals surface area contributed by atoms with E-state index in [4.69, 9.17) is 0 Å². The predicted octanol–water partition coefficient (Wildman–Crippen LogP) is 4.91. The van der Waals surface area contributed by atoms with Crippen LogP contribution in [0, 0.1) is 31.1 Å². The van der Waals surface area contributed by atoms with E-state index >= 15 is 0 Å². The molecule has 0 unspecified atom stereocenters. The second-order valence-corrected chi connectivity index (χ2v) is 8.54. The lowest BCUT2D eigenvalue weighted by Crippen LogP contribution is -2.48. The molecule has 22 heavy (non-hydrogen) atoms. The molecule has 0 aromatic heterocycles. The van der Waals surface area contributed by atoms with Crippen LogP contribution in [0.2, 0.25) is 0 Å². The SMILES string of the molecule is Cc1ccc2c(c1C)CC[C@@H]1[C@H]2CC[C@@H]2C[C@@H](O)CC[C@@]21C. The van der Waals surface area contributed by atoms with Crippen molar-refractivity contribution in [1.29, 1.82) is 0 Å². The standard InChI is InChI=1S/C21H30O/c1-13-4-6-18-17(14(13)2)8-9-20-19(18)7-5-15-12-16(22)10-11-21(15,20)3/h4,6,15-16,19-20,22H,5,7-12H2,1-3H3/t15-,16+,19+,20-,21+/m1/s1. The zero-order chi connectivity index (χ0) is 15.5. The topological polar surface area (TPSA) is 20.2 Å². The summed E-state index contributed by atoms with van der Waals surface area (Å²) in [6.45, 7) is 7.12. The second kappa shape index (κ2) is 5.09. The summed E-state index contributed by atoms with van der Waals surface area (Å²) in [5.41, 5.74) is 6.81. The molecular formula is C21H30O. The molecule has 3 aliphatic carbocycles. The van der Waals surface area contributed by atoms with E-state index in [9.17, 15) is 5.11 Å². The van der Waals surface area contributed by atoms with Crippen LogP contribution < -0.4 is 0 Å². The van der Waals surface area contributed by atoms with Crippen LogP contribution in [-0.4, -0.2) is 11.2 Å². The van der Waals surface area contributed by atoms with Crippen LogP contribution >= 0.6 is 0 Å². The van der Waals surface area contributed by atoms with Gasteiger partial charge in [-0.25, -0.2) is 0 Å². The van der Waals surface area contributed by atoms with Gasteiger partial charge in [0.1, 0.15) is 0 Å². The van der Waals surface area contributed by atoms with Gasteiger partial charge in [0.25, 0.3) is 0 Å². The summed E-state index contributed by atoms with van der Waals surface area (Å²) in [5, 5.41) is 10.1. The van der Waals surface area contributed by atoms with Crippen molar-refractivity contribution in [1.82, 2.24) is 0 Å². The molecule has 3 aliphatic rings. The lowest BCUT2D eigenvalue weighted by molar-refractivity contribution is -0.0606. The highest BCUT2D eigenvalue weighted by molar-refractivity contribution is 5.44. The zero-order valence-electron chi connectivity index (χ0n) is 14.4. The van der Waals surface area contributed by atoms with Crippen molar-refractivity contribution >= 4 is 0 Å². The summed E-state index contributed by atoms with van der Waals surface area (Å²) >= 11 is 0. The molecule has 1 nitrogen and oxygen atoms in total. The fourth-order valence-corrected chi connectivity index (χ4v) is 6.15. The van der Waals surface area contributed by atoms with Crippen molar-refractivity contribution in [3.8, 4) is 0 Å². The maximum Gasteiger partial charge on any atom is 0.0543 e. The molecule has 2 saturated carbocycles. The Hall–Kier alpha value is -0.820.